The van der Waals surface area contributed by atoms with Crippen LogP contribution in [0.3, 0.4) is 0 Å². The molecule has 3 aliphatic rings. The number of halogens is 1. The average molecular weight is 590 g/mol. The van der Waals surface area contributed by atoms with E-state index in [0.29, 0.717) is 17.5 Å². The first-order chi connectivity index (χ1) is 19.5. The van der Waals surface area contributed by atoms with Gasteiger partial charge in [-0.1, -0.05) is 32.9 Å². The van der Waals surface area contributed by atoms with Gasteiger partial charge < -0.3 is 34.7 Å². The molecule has 12 nitrogen and oxygen atoms in total. The summed E-state index contributed by atoms with van der Waals surface area (Å²) in [4.78, 5) is 55.8. The topological polar surface area (TPSA) is 147 Å². The van der Waals surface area contributed by atoms with Gasteiger partial charge in [-0.2, -0.15) is 0 Å². The number of benzene rings is 1. The van der Waals surface area contributed by atoms with Crippen molar-refractivity contribution in [3.63, 3.8) is 0 Å². The van der Waals surface area contributed by atoms with Crippen molar-refractivity contribution in [3.05, 3.63) is 35.1 Å². The lowest BCUT2D eigenvalue weighted by Gasteiger charge is -2.35. The van der Waals surface area contributed by atoms with E-state index >= 15 is 0 Å². The van der Waals surface area contributed by atoms with E-state index < -0.39 is 72.1 Å². The number of amides is 4. The minimum atomic E-state index is -1.18. The highest BCUT2D eigenvalue weighted by Gasteiger charge is 2.48. The third-order valence-electron chi connectivity index (χ3n) is 7.46. The first-order valence-electron chi connectivity index (χ1n) is 14.2. The number of rotatable bonds is 5. The predicted molar refractivity (Wildman–Crippen MR) is 149 cm³/mol. The van der Waals surface area contributed by atoms with Gasteiger partial charge in [0.05, 0.1) is 19.0 Å². The van der Waals surface area contributed by atoms with Crippen LogP contribution >= 0.6 is 0 Å². The Balaban J connectivity index is 1.52. The number of carbonyl (C=O) groups excluding carboxylic acids is 4. The molecule has 3 heterocycles. The van der Waals surface area contributed by atoms with Gasteiger partial charge in [0.15, 0.2) is 0 Å². The molecule has 4 rings (SSSR count). The number of nitrogens with one attached hydrogen (secondary N) is 2. The number of fused-ring (bicyclic) bond motifs is 1. The van der Waals surface area contributed by atoms with Crippen molar-refractivity contribution in [1.29, 1.82) is 0 Å². The second-order valence-electron chi connectivity index (χ2n) is 13.1. The van der Waals surface area contributed by atoms with Crippen LogP contribution in [-0.4, -0.2) is 88.8 Å². The van der Waals surface area contributed by atoms with Gasteiger partial charge in [-0.15, -0.1) is 0 Å². The zero-order valence-corrected chi connectivity index (χ0v) is 24.9. The number of ether oxygens (including phenoxy) is 2. The summed E-state index contributed by atoms with van der Waals surface area (Å²) in [6.07, 6.45) is -1.94. The summed E-state index contributed by atoms with van der Waals surface area (Å²) in [6.45, 7) is 10.8. The lowest BCUT2D eigenvalue weighted by molar-refractivity contribution is -0.142. The standard InChI is InChI=1S/C28H40BFN4O8/c1-27(2,3)22(32-25(37)42-28(4,5)6)24(36)34-14-17(12-20(34)23(35)31-21-10-11-40-29(21)39)41-26(38)33-13-16-8-7-9-19(30)18(16)15-33/h7-9,17,20-22,39H,10-15H2,1-6H3,(H,31,35)(H,32,37)/t17-,20+,21?,22?/m1/s1. The first kappa shape index (κ1) is 31.5. The molecule has 0 aliphatic carbocycles. The average Bonchev–Trinajstić information content (AvgIpc) is 3.59. The van der Waals surface area contributed by atoms with Crippen LogP contribution in [0.4, 0.5) is 14.0 Å². The van der Waals surface area contributed by atoms with Gasteiger partial charge >= 0.3 is 19.3 Å². The number of hydrogen-bond donors (Lipinski definition) is 3. The largest absolute Gasteiger partial charge is 0.478 e. The fraction of sp³-hybridized carbons (Fsp3) is 0.643. The quantitative estimate of drug-likeness (QED) is 0.442. The predicted octanol–water partition coefficient (Wildman–Crippen LogP) is 2.11. The second kappa shape index (κ2) is 12.1. The smallest absolute Gasteiger partial charge is 0.444 e. The van der Waals surface area contributed by atoms with Gasteiger partial charge in [-0.25, -0.2) is 14.0 Å². The molecular weight excluding hydrogens is 550 g/mol. The second-order valence-corrected chi connectivity index (χ2v) is 13.1. The highest BCUT2D eigenvalue weighted by atomic mass is 19.1. The summed E-state index contributed by atoms with van der Waals surface area (Å²) in [5.41, 5.74) is -0.461. The molecule has 0 radical (unpaired) electrons. The van der Waals surface area contributed by atoms with Crippen LogP contribution < -0.4 is 10.6 Å². The first-order valence-corrected chi connectivity index (χ1v) is 14.2. The maximum Gasteiger partial charge on any atom is 0.478 e. The fourth-order valence-corrected chi connectivity index (χ4v) is 5.34. The van der Waals surface area contributed by atoms with E-state index in [2.05, 4.69) is 10.6 Å². The van der Waals surface area contributed by atoms with Gasteiger partial charge in [0.25, 0.3) is 0 Å². The van der Waals surface area contributed by atoms with E-state index in [1.165, 1.54) is 15.9 Å². The monoisotopic (exact) mass is 590 g/mol. The van der Waals surface area contributed by atoms with Crippen molar-refractivity contribution in [2.45, 2.75) is 97.2 Å². The summed E-state index contributed by atoms with van der Waals surface area (Å²) in [6, 6.07) is 2.53. The van der Waals surface area contributed by atoms with Gasteiger partial charge in [-0.3, -0.25) is 14.5 Å². The normalized spacial score (nSPS) is 23.0. The van der Waals surface area contributed by atoms with Crippen LogP contribution in [0.25, 0.3) is 0 Å². The Labute approximate surface area is 245 Å². The molecule has 3 aliphatic heterocycles. The van der Waals surface area contributed by atoms with Crippen LogP contribution in [0, 0.1) is 11.2 Å². The van der Waals surface area contributed by atoms with Crippen LogP contribution in [0.1, 0.15) is 65.5 Å². The van der Waals surface area contributed by atoms with Crippen LogP contribution in [0.5, 0.6) is 0 Å². The van der Waals surface area contributed by atoms with E-state index in [1.807, 2.05) is 0 Å². The molecule has 0 saturated carbocycles. The van der Waals surface area contributed by atoms with E-state index in [1.54, 1.807) is 53.7 Å². The molecule has 3 N–H and O–H groups in total. The molecule has 42 heavy (non-hydrogen) atoms. The van der Waals surface area contributed by atoms with E-state index in [0.717, 1.165) is 0 Å². The number of alkyl carbamates (subject to hydrolysis) is 1. The molecule has 1 aromatic carbocycles. The molecule has 0 spiro atoms. The minimum Gasteiger partial charge on any atom is -0.444 e. The summed E-state index contributed by atoms with van der Waals surface area (Å²) in [5.74, 6) is -2.16. The Bertz CT molecular complexity index is 1220. The zero-order valence-electron chi connectivity index (χ0n) is 24.9. The molecular formula is C28H40BFN4O8. The molecule has 0 aromatic heterocycles. The number of carbonyl (C=O) groups is 4. The molecule has 2 saturated heterocycles. The maximum absolute atomic E-state index is 14.2. The third-order valence-corrected chi connectivity index (χ3v) is 7.46. The number of hydrogen-bond acceptors (Lipinski definition) is 8. The summed E-state index contributed by atoms with van der Waals surface area (Å²) in [7, 11) is -1.18. The molecule has 4 atom stereocenters. The molecule has 230 valence electrons. The van der Waals surface area contributed by atoms with Crippen molar-refractivity contribution >= 4 is 31.1 Å². The highest BCUT2D eigenvalue weighted by molar-refractivity contribution is 6.46. The van der Waals surface area contributed by atoms with E-state index in [9.17, 15) is 28.6 Å². The third kappa shape index (κ3) is 7.33. The van der Waals surface area contributed by atoms with Gasteiger partial charge in [0.1, 0.15) is 29.6 Å². The Hall–Kier alpha value is -3.39. The molecule has 2 unspecified atom stereocenters. The number of nitrogens with zero attached hydrogens (tertiary/aromatic N) is 2. The van der Waals surface area contributed by atoms with Crippen LogP contribution in [0.15, 0.2) is 18.2 Å². The zero-order chi connectivity index (χ0) is 31.0. The Morgan fingerprint density at radius 2 is 1.86 bits per heavy atom. The van der Waals surface area contributed by atoms with Crippen molar-refractivity contribution < 1.29 is 42.7 Å². The maximum atomic E-state index is 14.2. The van der Waals surface area contributed by atoms with E-state index in [4.69, 9.17) is 14.1 Å². The summed E-state index contributed by atoms with van der Waals surface area (Å²) in [5, 5.41) is 15.4. The molecule has 1 aromatic rings. The van der Waals surface area contributed by atoms with Crippen LogP contribution in [0.2, 0.25) is 0 Å². The minimum absolute atomic E-state index is 0.00850. The van der Waals surface area contributed by atoms with Gasteiger partial charge in [-0.05, 0) is 44.2 Å². The summed E-state index contributed by atoms with van der Waals surface area (Å²) < 4.78 is 30.5. The SMILES string of the molecule is CC(C)(C)OC(=O)NC(C(=O)N1C[C@H](OC(=O)N2Cc3cccc(F)c3C2)C[C@H]1C(=O)NC1CCOB1O)C(C)(C)C. The Morgan fingerprint density at radius 1 is 1.14 bits per heavy atom. The van der Waals surface area contributed by atoms with Crippen LogP contribution in [-0.2, 0) is 36.8 Å². The Kier molecular flexibility index (Phi) is 9.07. The Morgan fingerprint density at radius 3 is 2.45 bits per heavy atom. The van der Waals surface area contributed by atoms with Crippen molar-refractivity contribution in [2.75, 3.05) is 13.2 Å². The van der Waals surface area contributed by atoms with Gasteiger partial charge in [0, 0.05) is 25.1 Å². The van der Waals surface area contributed by atoms with Crippen molar-refractivity contribution in [1.82, 2.24) is 20.4 Å². The molecule has 14 heteroatoms. The van der Waals surface area contributed by atoms with E-state index in [-0.39, 0.29) is 32.7 Å². The number of likely N-dealkylation sites (tertiary alicyclic amines) is 1. The molecule has 0 bridgehead atoms. The molecule has 2 fully saturated rings. The lowest BCUT2D eigenvalue weighted by Crippen LogP contribution is -2.59. The van der Waals surface area contributed by atoms with Crippen molar-refractivity contribution in [3.8, 4) is 0 Å². The fourth-order valence-electron chi connectivity index (χ4n) is 5.34. The molecule has 4 amide bonds. The summed E-state index contributed by atoms with van der Waals surface area (Å²) >= 11 is 0. The van der Waals surface area contributed by atoms with Gasteiger partial charge in [0.2, 0.25) is 11.8 Å². The van der Waals surface area contributed by atoms with Crippen molar-refractivity contribution in [2.24, 2.45) is 5.41 Å². The lowest BCUT2D eigenvalue weighted by atomic mass is 9.80. The highest BCUT2D eigenvalue weighted by Crippen LogP contribution is 2.30.